The average molecular weight is 300 g/mol. The van der Waals surface area contributed by atoms with E-state index in [0.29, 0.717) is 17.7 Å². The lowest BCUT2D eigenvalue weighted by Crippen LogP contribution is -2.50. The molecule has 2 aliphatic rings. The summed E-state index contributed by atoms with van der Waals surface area (Å²) in [5, 5.41) is 10.8. The Morgan fingerprint density at radius 3 is 3.00 bits per heavy atom. The maximum Gasteiger partial charge on any atom is 0.128 e. The van der Waals surface area contributed by atoms with Gasteiger partial charge >= 0.3 is 0 Å². The van der Waals surface area contributed by atoms with Crippen LogP contribution in [0.15, 0.2) is 6.20 Å². The summed E-state index contributed by atoms with van der Waals surface area (Å²) in [5.74, 6) is 1.29. The van der Waals surface area contributed by atoms with Crippen LogP contribution in [0, 0.1) is 5.92 Å². The van der Waals surface area contributed by atoms with E-state index >= 15 is 0 Å². The van der Waals surface area contributed by atoms with Gasteiger partial charge < -0.3 is 14.4 Å². The van der Waals surface area contributed by atoms with Gasteiger partial charge in [-0.05, 0) is 12.8 Å². The molecule has 1 aliphatic heterocycles. The van der Waals surface area contributed by atoms with E-state index in [2.05, 4.69) is 9.88 Å². The first kappa shape index (κ1) is 14.3. The Balaban J connectivity index is 1.73. The van der Waals surface area contributed by atoms with E-state index in [1.807, 2.05) is 11.6 Å². The molecule has 0 bridgehead atoms. The fraction of sp³-hybridized carbons (Fsp3) is 0.786. The van der Waals surface area contributed by atoms with Crippen LogP contribution in [-0.2, 0) is 18.3 Å². The minimum Gasteiger partial charge on any atom is -0.393 e. The number of aromatic nitrogens is 2. The topological polar surface area (TPSA) is 50.5 Å². The quantitative estimate of drug-likeness (QED) is 0.917. The molecule has 0 radical (unpaired) electrons. The van der Waals surface area contributed by atoms with Crippen molar-refractivity contribution in [2.45, 2.75) is 38.0 Å². The lowest BCUT2D eigenvalue weighted by atomic mass is 9.94. The number of imidazole rings is 1. The van der Waals surface area contributed by atoms with Crippen molar-refractivity contribution in [2.75, 3.05) is 19.8 Å². The van der Waals surface area contributed by atoms with Crippen LogP contribution in [-0.4, -0.2) is 51.5 Å². The van der Waals surface area contributed by atoms with E-state index in [-0.39, 0.29) is 12.1 Å². The summed E-state index contributed by atoms with van der Waals surface area (Å²) in [6.45, 7) is 3.11. The van der Waals surface area contributed by atoms with E-state index in [1.165, 1.54) is 0 Å². The minimum atomic E-state index is -0.186. The lowest BCUT2D eigenvalue weighted by Gasteiger charge is -2.39. The smallest absolute Gasteiger partial charge is 0.128 e. The minimum absolute atomic E-state index is 0.186. The van der Waals surface area contributed by atoms with Crippen LogP contribution in [0.5, 0.6) is 0 Å². The third kappa shape index (κ3) is 2.72. The van der Waals surface area contributed by atoms with E-state index < -0.39 is 0 Å². The highest BCUT2D eigenvalue weighted by Crippen LogP contribution is 2.32. The van der Waals surface area contributed by atoms with E-state index in [0.717, 1.165) is 44.8 Å². The second-order valence-corrected chi connectivity index (χ2v) is 6.22. The summed E-state index contributed by atoms with van der Waals surface area (Å²) in [7, 11) is 1.94. The van der Waals surface area contributed by atoms with Gasteiger partial charge in [-0.3, -0.25) is 4.90 Å². The van der Waals surface area contributed by atoms with Crippen LogP contribution in [0.3, 0.4) is 0 Å². The zero-order valence-corrected chi connectivity index (χ0v) is 12.6. The molecule has 1 aromatic heterocycles. The van der Waals surface area contributed by atoms with Crippen molar-refractivity contribution in [3.8, 4) is 0 Å². The molecule has 2 fully saturated rings. The summed E-state index contributed by atoms with van der Waals surface area (Å²) in [6, 6.07) is 0.289. The molecule has 0 amide bonds. The Bertz CT molecular complexity index is 465. The Hall–Kier alpha value is -0.620. The maximum absolute atomic E-state index is 10.2. The average Bonchev–Trinajstić information content (AvgIpc) is 3.00. The van der Waals surface area contributed by atoms with Crippen molar-refractivity contribution in [3.63, 3.8) is 0 Å². The number of aliphatic hydroxyl groups is 1. The molecule has 0 unspecified atom stereocenters. The molecule has 3 atom stereocenters. The van der Waals surface area contributed by atoms with Gasteiger partial charge in [0.1, 0.15) is 11.0 Å². The Morgan fingerprint density at radius 1 is 1.50 bits per heavy atom. The third-order valence-electron chi connectivity index (χ3n) is 4.68. The van der Waals surface area contributed by atoms with Crippen LogP contribution in [0.1, 0.15) is 25.1 Å². The predicted octanol–water partition coefficient (Wildman–Crippen LogP) is 1.44. The summed E-state index contributed by atoms with van der Waals surface area (Å²) in [5.41, 5.74) is 0. The van der Waals surface area contributed by atoms with Gasteiger partial charge in [0.25, 0.3) is 0 Å². The standard InChI is InChI=1S/C14H22ClN3O2/c1-17-13(15)7-16-14(17)8-18-5-6-20-9-11(18)10-3-2-4-12(10)19/h7,10-12,19H,2-6,8-9H2,1H3/t10-,11+,12+/m0/s1. The first-order valence-electron chi connectivity index (χ1n) is 7.33. The normalized spacial score (nSPS) is 31.9. The first-order valence-corrected chi connectivity index (χ1v) is 7.70. The molecule has 112 valence electrons. The summed E-state index contributed by atoms with van der Waals surface area (Å²) >= 11 is 6.05. The largest absolute Gasteiger partial charge is 0.393 e. The molecule has 6 heteroatoms. The second kappa shape index (κ2) is 6.02. The van der Waals surface area contributed by atoms with Crippen molar-refractivity contribution < 1.29 is 9.84 Å². The van der Waals surface area contributed by atoms with Crippen LogP contribution in [0.25, 0.3) is 0 Å². The van der Waals surface area contributed by atoms with E-state index in [9.17, 15) is 5.11 Å². The Kier molecular flexibility index (Phi) is 4.31. The number of morpholine rings is 1. The summed E-state index contributed by atoms with van der Waals surface area (Å²) in [6.07, 6.45) is 4.63. The lowest BCUT2D eigenvalue weighted by molar-refractivity contribution is -0.0547. The molecule has 5 nitrogen and oxygen atoms in total. The maximum atomic E-state index is 10.2. The van der Waals surface area contributed by atoms with Gasteiger partial charge in [-0.15, -0.1) is 0 Å². The molecule has 1 N–H and O–H groups in total. The number of rotatable bonds is 3. The number of hydrogen-bond donors (Lipinski definition) is 1. The van der Waals surface area contributed by atoms with E-state index in [1.54, 1.807) is 6.20 Å². The molecule has 1 aromatic rings. The van der Waals surface area contributed by atoms with Crippen LogP contribution >= 0.6 is 11.6 Å². The van der Waals surface area contributed by atoms with Crippen LogP contribution in [0.2, 0.25) is 5.15 Å². The van der Waals surface area contributed by atoms with Crippen molar-refractivity contribution >= 4 is 11.6 Å². The number of ether oxygens (including phenoxy) is 1. The van der Waals surface area contributed by atoms with Crippen molar-refractivity contribution in [3.05, 3.63) is 17.2 Å². The van der Waals surface area contributed by atoms with Gasteiger partial charge in [0, 0.05) is 25.6 Å². The highest BCUT2D eigenvalue weighted by atomic mass is 35.5. The molecule has 1 aliphatic carbocycles. The van der Waals surface area contributed by atoms with Crippen LogP contribution < -0.4 is 0 Å². The second-order valence-electron chi connectivity index (χ2n) is 5.83. The van der Waals surface area contributed by atoms with Crippen LogP contribution in [0.4, 0.5) is 0 Å². The Morgan fingerprint density at radius 2 is 2.35 bits per heavy atom. The molecular weight excluding hydrogens is 278 g/mol. The SMILES string of the molecule is Cn1c(Cl)cnc1CN1CCOC[C@@H]1[C@@H]1CCC[C@H]1O. The Labute approximate surface area is 124 Å². The zero-order chi connectivity index (χ0) is 14.1. The fourth-order valence-electron chi connectivity index (χ4n) is 3.42. The predicted molar refractivity (Wildman–Crippen MR) is 76.6 cm³/mol. The molecule has 2 heterocycles. The highest BCUT2D eigenvalue weighted by molar-refractivity contribution is 6.29. The molecule has 1 saturated carbocycles. The van der Waals surface area contributed by atoms with Crippen molar-refractivity contribution in [1.82, 2.24) is 14.5 Å². The first-order chi connectivity index (χ1) is 9.66. The van der Waals surface area contributed by atoms with Gasteiger partial charge in [0.05, 0.1) is 32.1 Å². The van der Waals surface area contributed by atoms with E-state index in [4.69, 9.17) is 16.3 Å². The summed E-state index contributed by atoms with van der Waals surface area (Å²) in [4.78, 5) is 6.77. The van der Waals surface area contributed by atoms with Gasteiger partial charge in [0.2, 0.25) is 0 Å². The van der Waals surface area contributed by atoms with Crippen molar-refractivity contribution in [1.29, 1.82) is 0 Å². The number of hydrogen-bond acceptors (Lipinski definition) is 4. The van der Waals surface area contributed by atoms with Crippen molar-refractivity contribution in [2.24, 2.45) is 13.0 Å². The highest BCUT2D eigenvalue weighted by Gasteiger charge is 2.37. The molecule has 3 rings (SSSR count). The molecule has 20 heavy (non-hydrogen) atoms. The number of nitrogens with zero attached hydrogens (tertiary/aromatic N) is 3. The molecular formula is C14H22ClN3O2. The molecule has 1 saturated heterocycles. The third-order valence-corrected chi connectivity index (χ3v) is 5.03. The molecule has 0 spiro atoms. The van der Waals surface area contributed by atoms with Gasteiger partial charge in [-0.2, -0.15) is 0 Å². The monoisotopic (exact) mass is 299 g/mol. The zero-order valence-electron chi connectivity index (χ0n) is 11.8. The number of halogens is 1. The van der Waals surface area contributed by atoms with Gasteiger partial charge in [-0.25, -0.2) is 4.98 Å². The number of aliphatic hydroxyl groups excluding tert-OH is 1. The summed E-state index contributed by atoms with van der Waals surface area (Å²) < 4.78 is 7.56. The molecule has 0 aromatic carbocycles. The van der Waals surface area contributed by atoms with Gasteiger partial charge in [0.15, 0.2) is 0 Å². The fourth-order valence-corrected chi connectivity index (χ4v) is 3.56. The van der Waals surface area contributed by atoms with Gasteiger partial charge in [-0.1, -0.05) is 18.0 Å².